The van der Waals surface area contributed by atoms with Gasteiger partial charge in [0.15, 0.2) is 5.43 Å². The van der Waals surface area contributed by atoms with Gasteiger partial charge in [-0.3, -0.25) is 14.5 Å². The standard InChI is InChI=1S/C20H10Cl3N3O3S/c1-8-24-25-20(30-8)26-16(9-2-4-12(22)13(23)6-9)15-17(27)11-7-10(21)3-5-14(11)29-18(15)19(26)28/h2-7,16H,1H3/t16-/m0/s1. The fourth-order valence-corrected chi connectivity index (χ4v) is 4.72. The van der Waals surface area contributed by atoms with Crippen molar-refractivity contribution in [2.24, 2.45) is 0 Å². The Bertz CT molecular complexity index is 1420. The molecule has 0 saturated carbocycles. The number of rotatable bonds is 2. The monoisotopic (exact) mass is 477 g/mol. The highest BCUT2D eigenvalue weighted by atomic mass is 35.5. The molecular weight excluding hydrogens is 469 g/mol. The quantitative estimate of drug-likeness (QED) is 0.371. The minimum Gasteiger partial charge on any atom is -0.450 e. The highest BCUT2D eigenvalue weighted by molar-refractivity contribution is 7.15. The Kier molecular flexibility index (Phi) is 4.59. The van der Waals surface area contributed by atoms with E-state index in [-0.39, 0.29) is 27.7 Å². The lowest BCUT2D eigenvalue weighted by Crippen LogP contribution is -2.29. The molecule has 6 nitrogen and oxygen atoms in total. The molecule has 0 bridgehead atoms. The van der Waals surface area contributed by atoms with E-state index in [1.165, 1.54) is 22.3 Å². The predicted octanol–water partition coefficient (Wildman–Crippen LogP) is 5.66. The van der Waals surface area contributed by atoms with Gasteiger partial charge < -0.3 is 4.42 Å². The maximum absolute atomic E-state index is 13.4. The van der Waals surface area contributed by atoms with E-state index in [1.807, 2.05) is 0 Å². The molecule has 0 spiro atoms. The van der Waals surface area contributed by atoms with Gasteiger partial charge in [-0.15, -0.1) is 10.2 Å². The number of nitrogens with zero attached hydrogens (tertiary/aromatic N) is 3. The number of aryl methyl sites for hydroxylation is 1. The lowest BCUT2D eigenvalue weighted by Gasteiger charge is -2.22. The molecule has 30 heavy (non-hydrogen) atoms. The first kappa shape index (κ1) is 19.5. The lowest BCUT2D eigenvalue weighted by atomic mass is 9.99. The summed E-state index contributed by atoms with van der Waals surface area (Å²) in [7, 11) is 0. The number of anilines is 1. The van der Waals surface area contributed by atoms with E-state index in [0.717, 1.165) is 0 Å². The average Bonchev–Trinajstić information content (AvgIpc) is 3.26. The van der Waals surface area contributed by atoms with E-state index in [0.29, 0.717) is 30.8 Å². The molecule has 1 aliphatic rings. The molecule has 0 radical (unpaired) electrons. The van der Waals surface area contributed by atoms with Crippen molar-refractivity contribution in [1.29, 1.82) is 0 Å². The topological polar surface area (TPSA) is 76.3 Å². The Labute approximate surface area is 188 Å². The first-order valence-corrected chi connectivity index (χ1v) is 10.6. The van der Waals surface area contributed by atoms with Gasteiger partial charge in [-0.1, -0.05) is 52.2 Å². The molecule has 5 rings (SSSR count). The zero-order valence-electron chi connectivity index (χ0n) is 15.1. The lowest BCUT2D eigenvalue weighted by molar-refractivity contribution is 0.0970. The van der Waals surface area contributed by atoms with Crippen LogP contribution >= 0.6 is 46.1 Å². The fraction of sp³-hybridized carbons (Fsp3) is 0.100. The van der Waals surface area contributed by atoms with Crippen molar-refractivity contribution in [1.82, 2.24) is 10.2 Å². The normalized spacial score (nSPS) is 15.8. The van der Waals surface area contributed by atoms with Crippen molar-refractivity contribution in [3.8, 4) is 0 Å². The van der Waals surface area contributed by atoms with Crippen molar-refractivity contribution in [3.63, 3.8) is 0 Å². The summed E-state index contributed by atoms with van der Waals surface area (Å²) < 4.78 is 5.86. The highest BCUT2D eigenvalue weighted by Gasteiger charge is 2.45. The zero-order valence-corrected chi connectivity index (χ0v) is 18.2. The van der Waals surface area contributed by atoms with Gasteiger partial charge in [0.1, 0.15) is 10.6 Å². The van der Waals surface area contributed by atoms with Gasteiger partial charge >= 0.3 is 0 Å². The minimum atomic E-state index is -0.797. The van der Waals surface area contributed by atoms with Gasteiger partial charge in [-0.2, -0.15) is 0 Å². The van der Waals surface area contributed by atoms with E-state index in [4.69, 9.17) is 39.2 Å². The number of amides is 1. The third kappa shape index (κ3) is 2.93. The molecular formula is C20H10Cl3N3O3S. The molecule has 10 heteroatoms. The van der Waals surface area contributed by atoms with Crippen molar-refractivity contribution in [2.75, 3.05) is 4.90 Å². The predicted molar refractivity (Wildman–Crippen MR) is 117 cm³/mol. The summed E-state index contributed by atoms with van der Waals surface area (Å²) in [5, 5.41) is 10.5. The van der Waals surface area contributed by atoms with E-state index in [2.05, 4.69) is 10.2 Å². The summed E-state index contributed by atoms with van der Waals surface area (Å²) in [6.07, 6.45) is 0. The first-order chi connectivity index (χ1) is 14.3. The number of benzene rings is 2. The van der Waals surface area contributed by atoms with Gasteiger partial charge in [0.05, 0.1) is 27.0 Å². The highest BCUT2D eigenvalue weighted by Crippen LogP contribution is 2.43. The molecule has 2 aromatic heterocycles. The number of hydrogen-bond acceptors (Lipinski definition) is 6. The number of carbonyl (C=O) groups is 1. The summed E-state index contributed by atoms with van der Waals surface area (Å²) >= 11 is 19.6. The van der Waals surface area contributed by atoms with Crippen LogP contribution in [0.2, 0.25) is 15.1 Å². The van der Waals surface area contributed by atoms with Gasteiger partial charge in [-0.25, -0.2) is 0 Å². The van der Waals surface area contributed by atoms with Crippen LogP contribution in [0, 0.1) is 6.92 Å². The van der Waals surface area contributed by atoms with Crippen LogP contribution in [0.4, 0.5) is 5.13 Å². The fourth-order valence-electron chi connectivity index (χ4n) is 3.52. The van der Waals surface area contributed by atoms with Gasteiger partial charge in [0, 0.05) is 5.02 Å². The second-order valence-corrected chi connectivity index (χ2v) is 9.08. The van der Waals surface area contributed by atoms with Crippen molar-refractivity contribution in [2.45, 2.75) is 13.0 Å². The zero-order chi connectivity index (χ0) is 21.2. The third-order valence-electron chi connectivity index (χ3n) is 4.81. The molecule has 0 aliphatic carbocycles. The maximum atomic E-state index is 13.4. The molecule has 1 aliphatic heterocycles. The molecule has 0 N–H and O–H groups in total. The summed E-state index contributed by atoms with van der Waals surface area (Å²) in [4.78, 5) is 28.2. The van der Waals surface area contributed by atoms with Gasteiger partial charge in [0.25, 0.3) is 5.91 Å². The second kappa shape index (κ2) is 7.06. The Balaban J connectivity index is 1.84. The van der Waals surface area contributed by atoms with E-state index in [9.17, 15) is 9.59 Å². The third-order valence-corrected chi connectivity index (χ3v) is 6.63. The van der Waals surface area contributed by atoms with Crippen molar-refractivity contribution in [3.05, 3.63) is 83.6 Å². The second-order valence-electron chi connectivity index (χ2n) is 6.67. The number of hydrogen-bond donors (Lipinski definition) is 0. The summed E-state index contributed by atoms with van der Waals surface area (Å²) in [5.41, 5.74) is 0.723. The van der Waals surface area contributed by atoms with Crippen LogP contribution in [-0.2, 0) is 0 Å². The van der Waals surface area contributed by atoms with Crippen molar-refractivity contribution >= 4 is 68.1 Å². The maximum Gasteiger partial charge on any atom is 0.297 e. The molecule has 0 saturated heterocycles. The number of fused-ring (bicyclic) bond motifs is 2. The largest absolute Gasteiger partial charge is 0.450 e. The smallest absolute Gasteiger partial charge is 0.297 e. The molecule has 3 heterocycles. The Morgan fingerprint density at radius 3 is 2.53 bits per heavy atom. The van der Waals surface area contributed by atoms with E-state index in [1.54, 1.807) is 37.3 Å². The van der Waals surface area contributed by atoms with E-state index >= 15 is 0 Å². The molecule has 0 unspecified atom stereocenters. The molecule has 1 atom stereocenters. The minimum absolute atomic E-state index is 0.0428. The SMILES string of the molecule is Cc1nnc(N2C(=O)c3oc4ccc(Cl)cc4c(=O)c3[C@@H]2c2ccc(Cl)c(Cl)c2)s1. The Morgan fingerprint density at radius 2 is 1.83 bits per heavy atom. The van der Waals surface area contributed by atoms with Crippen LogP contribution in [0.15, 0.2) is 45.6 Å². The van der Waals surface area contributed by atoms with Crippen LogP contribution in [0.25, 0.3) is 11.0 Å². The average molecular weight is 479 g/mol. The number of aromatic nitrogens is 2. The van der Waals surface area contributed by atoms with Crippen LogP contribution in [0.3, 0.4) is 0 Å². The Hall–Kier alpha value is -2.45. The van der Waals surface area contributed by atoms with Crippen LogP contribution in [-0.4, -0.2) is 16.1 Å². The molecule has 4 aromatic rings. The summed E-state index contributed by atoms with van der Waals surface area (Å²) in [6, 6.07) is 8.85. The molecule has 150 valence electrons. The number of halogens is 3. The van der Waals surface area contributed by atoms with Gasteiger partial charge in [-0.05, 0) is 42.8 Å². The van der Waals surface area contributed by atoms with Crippen LogP contribution < -0.4 is 10.3 Å². The molecule has 2 aromatic carbocycles. The van der Waals surface area contributed by atoms with Crippen LogP contribution in [0.1, 0.15) is 32.7 Å². The first-order valence-electron chi connectivity index (χ1n) is 8.70. The van der Waals surface area contributed by atoms with Crippen LogP contribution in [0.5, 0.6) is 0 Å². The van der Waals surface area contributed by atoms with Crippen molar-refractivity contribution < 1.29 is 9.21 Å². The number of carbonyl (C=O) groups excluding carboxylic acids is 1. The summed E-state index contributed by atoms with van der Waals surface area (Å²) in [5.74, 6) is -0.523. The molecule has 1 amide bonds. The van der Waals surface area contributed by atoms with E-state index < -0.39 is 11.9 Å². The Morgan fingerprint density at radius 1 is 1.03 bits per heavy atom. The summed E-state index contributed by atoms with van der Waals surface area (Å²) in [6.45, 7) is 1.78. The van der Waals surface area contributed by atoms with Gasteiger partial charge in [0.2, 0.25) is 10.9 Å². The molecule has 0 fully saturated rings.